The Kier molecular flexibility index (Phi) is 2.73. The predicted molar refractivity (Wildman–Crippen MR) is 64.2 cm³/mol. The lowest BCUT2D eigenvalue weighted by Crippen LogP contribution is -2.23. The van der Waals surface area contributed by atoms with Crippen molar-refractivity contribution >= 4 is 22.9 Å². The maximum Gasteiger partial charge on any atom is 0.224 e. The highest BCUT2D eigenvalue weighted by molar-refractivity contribution is 5.82. The van der Waals surface area contributed by atoms with Gasteiger partial charge in [0, 0.05) is 6.42 Å². The summed E-state index contributed by atoms with van der Waals surface area (Å²) in [6, 6.07) is 0. The molecule has 1 aliphatic rings. The van der Waals surface area contributed by atoms with Gasteiger partial charge in [-0.05, 0) is 0 Å². The Balaban J connectivity index is 2.02. The molecule has 9 nitrogen and oxygen atoms in total. The minimum Gasteiger partial charge on any atom is -0.390 e. The molecule has 2 aromatic rings. The maximum atomic E-state index is 10.9. The van der Waals surface area contributed by atoms with Gasteiger partial charge in [-0.2, -0.15) is 9.97 Å². The quantitative estimate of drug-likeness (QED) is 0.635. The summed E-state index contributed by atoms with van der Waals surface area (Å²) in [5.41, 5.74) is 12.1. The molecule has 0 amide bonds. The number of nitrogens with zero attached hydrogens (tertiary/aromatic N) is 4. The van der Waals surface area contributed by atoms with Crippen molar-refractivity contribution in [2.45, 2.75) is 24.9 Å². The minimum absolute atomic E-state index is 0.0330. The Labute approximate surface area is 107 Å². The van der Waals surface area contributed by atoms with Crippen LogP contribution in [0.25, 0.3) is 11.2 Å². The van der Waals surface area contributed by atoms with Crippen LogP contribution in [0.3, 0.4) is 0 Å². The van der Waals surface area contributed by atoms with Crippen LogP contribution in [0.1, 0.15) is 12.6 Å². The third-order valence-corrected chi connectivity index (χ3v) is 3.14. The topological polar surface area (TPSA) is 145 Å². The predicted octanol–water partition coefficient (Wildman–Crippen LogP) is -0.930. The number of fused-ring (bicyclic) bond motifs is 1. The number of aliphatic hydroxyl groups excluding tert-OH is 1. The molecule has 2 aromatic heterocycles. The highest BCUT2D eigenvalue weighted by Gasteiger charge is 2.35. The van der Waals surface area contributed by atoms with Crippen molar-refractivity contribution in [1.29, 1.82) is 0 Å². The first-order valence-electron chi connectivity index (χ1n) is 5.77. The van der Waals surface area contributed by atoms with Gasteiger partial charge in [-0.15, -0.1) is 0 Å². The van der Waals surface area contributed by atoms with Gasteiger partial charge in [-0.1, -0.05) is 0 Å². The van der Waals surface area contributed by atoms with Crippen molar-refractivity contribution in [2.24, 2.45) is 0 Å². The third kappa shape index (κ3) is 1.87. The summed E-state index contributed by atoms with van der Waals surface area (Å²) >= 11 is 0. The first kappa shape index (κ1) is 12.1. The molecule has 19 heavy (non-hydrogen) atoms. The second kappa shape index (κ2) is 4.30. The molecule has 3 atom stereocenters. The fourth-order valence-corrected chi connectivity index (χ4v) is 2.20. The van der Waals surface area contributed by atoms with Crippen LogP contribution < -0.4 is 11.5 Å². The molecule has 1 radical (unpaired) electrons. The molecule has 0 aliphatic carbocycles. The number of nitrogen functional groups attached to an aromatic ring is 2. The van der Waals surface area contributed by atoms with Gasteiger partial charge < -0.3 is 21.3 Å². The lowest BCUT2D eigenvalue weighted by molar-refractivity contribution is -0.0575. The number of hydrogen-bond acceptors (Lipinski definition) is 7. The van der Waals surface area contributed by atoms with Gasteiger partial charge in [0.05, 0.1) is 12.4 Å². The fourth-order valence-electron chi connectivity index (χ4n) is 2.20. The summed E-state index contributed by atoms with van der Waals surface area (Å²) in [6.07, 6.45) is -0.245. The van der Waals surface area contributed by atoms with Gasteiger partial charge >= 0.3 is 0 Å². The van der Waals surface area contributed by atoms with E-state index in [1.54, 1.807) is 4.57 Å². The third-order valence-electron chi connectivity index (χ3n) is 3.14. The van der Waals surface area contributed by atoms with Crippen LogP contribution in [-0.4, -0.2) is 43.4 Å². The van der Waals surface area contributed by atoms with E-state index in [1.165, 1.54) is 6.33 Å². The van der Waals surface area contributed by atoms with Crippen LogP contribution >= 0.6 is 0 Å². The number of imidazole rings is 1. The zero-order valence-electron chi connectivity index (χ0n) is 9.93. The second-order valence-corrected chi connectivity index (χ2v) is 4.39. The van der Waals surface area contributed by atoms with E-state index >= 15 is 0 Å². The average molecular weight is 265 g/mol. The number of ether oxygens (including phenoxy) is 1. The molecule has 5 N–H and O–H groups in total. The SMILES string of the molecule is Nc1nc(N)c2ncn([C@H]3C[C@H](O)[C@@H](C[O])O3)c2n1. The molecule has 0 unspecified atom stereocenters. The van der Waals surface area contributed by atoms with Crippen molar-refractivity contribution in [3.8, 4) is 0 Å². The number of nitrogens with two attached hydrogens (primary N) is 2. The van der Waals surface area contributed by atoms with Gasteiger partial charge in [0.25, 0.3) is 0 Å². The normalized spacial score (nSPS) is 27.2. The van der Waals surface area contributed by atoms with E-state index in [1.807, 2.05) is 0 Å². The van der Waals surface area contributed by atoms with Crippen molar-refractivity contribution in [3.05, 3.63) is 6.33 Å². The average Bonchev–Trinajstić information content (AvgIpc) is 2.92. The first-order chi connectivity index (χ1) is 9.10. The minimum atomic E-state index is -0.795. The molecule has 0 aromatic carbocycles. The zero-order chi connectivity index (χ0) is 13.6. The molecule has 9 heteroatoms. The van der Waals surface area contributed by atoms with E-state index < -0.39 is 25.0 Å². The Hall–Kier alpha value is -1.97. The van der Waals surface area contributed by atoms with Crippen LogP contribution in [0, 0.1) is 0 Å². The Morgan fingerprint density at radius 3 is 2.95 bits per heavy atom. The van der Waals surface area contributed by atoms with Gasteiger partial charge in [0.15, 0.2) is 11.5 Å². The molecule has 1 fully saturated rings. The van der Waals surface area contributed by atoms with E-state index in [0.29, 0.717) is 17.6 Å². The van der Waals surface area contributed by atoms with E-state index in [4.69, 9.17) is 16.2 Å². The van der Waals surface area contributed by atoms with E-state index in [9.17, 15) is 10.2 Å². The largest absolute Gasteiger partial charge is 0.390 e. The Morgan fingerprint density at radius 2 is 2.26 bits per heavy atom. The number of anilines is 2. The lowest BCUT2D eigenvalue weighted by atomic mass is 10.2. The molecule has 0 spiro atoms. The second-order valence-electron chi connectivity index (χ2n) is 4.39. The van der Waals surface area contributed by atoms with Crippen LogP contribution in [0.5, 0.6) is 0 Å². The smallest absolute Gasteiger partial charge is 0.224 e. The Bertz CT molecular complexity index is 615. The number of hydrogen-bond donors (Lipinski definition) is 3. The summed E-state index contributed by atoms with van der Waals surface area (Å²) < 4.78 is 7.07. The van der Waals surface area contributed by atoms with Crippen molar-refractivity contribution < 1.29 is 14.9 Å². The Morgan fingerprint density at radius 1 is 1.47 bits per heavy atom. The standard InChI is InChI=1S/C10H13N6O3/c11-8-7-9(15-10(12)14-8)16(3-13-7)6-1-4(18)5(2-17)19-6/h3-6,18H,1-2H2,(H4,11,12,14,15)/t4-,5+,6+/m0/s1. The van der Waals surface area contributed by atoms with Gasteiger partial charge in [-0.25, -0.2) is 10.1 Å². The molecular formula is C10H13N6O3. The van der Waals surface area contributed by atoms with Gasteiger partial charge in [-0.3, -0.25) is 4.57 Å². The zero-order valence-corrected chi connectivity index (χ0v) is 9.93. The van der Waals surface area contributed by atoms with E-state index in [-0.39, 0.29) is 11.8 Å². The molecule has 3 heterocycles. The van der Waals surface area contributed by atoms with E-state index in [2.05, 4.69) is 15.0 Å². The molecule has 1 saturated heterocycles. The van der Waals surface area contributed by atoms with Crippen LogP contribution in [-0.2, 0) is 9.84 Å². The number of rotatable bonds is 2. The molecule has 101 valence electrons. The molecule has 3 rings (SSSR count). The summed E-state index contributed by atoms with van der Waals surface area (Å²) in [4.78, 5) is 12.0. The summed E-state index contributed by atoms with van der Waals surface area (Å²) in [5.74, 6) is 0.214. The fraction of sp³-hybridized carbons (Fsp3) is 0.500. The summed E-state index contributed by atoms with van der Waals surface area (Å²) in [6.45, 7) is -0.496. The van der Waals surface area contributed by atoms with Crippen molar-refractivity contribution in [1.82, 2.24) is 19.5 Å². The summed E-state index contributed by atoms with van der Waals surface area (Å²) in [7, 11) is 0. The lowest BCUT2D eigenvalue weighted by Gasteiger charge is -2.13. The molecule has 0 bridgehead atoms. The van der Waals surface area contributed by atoms with E-state index in [0.717, 1.165) is 0 Å². The van der Waals surface area contributed by atoms with Crippen LogP contribution in [0.2, 0.25) is 0 Å². The van der Waals surface area contributed by atoms with Crippen molar-refractivity contribution in [2.75, 3.05) is 18.1 Å². The summed E-state index contributed by atoms with van der Waals surface area (Å²) in [5, 5.41) is 20.6. The number of aromatic nitrogens is 4. The highest BCUT2D eigenvalue weighted by Crippen LogP contribution is 2.31. The molecule has 0 saturated carbocycles. The number of aliphatic hydroxyl groups is 1. The highest BCUT2D eigenvalue weighted by atomic mass is 16.5. The maximum absolute atomic E-state index is 10.9. The van der Waals surface area contributed by atoms with Gasteiger partial charge in [0.1, 0.15) is 24.5 Å². The van der Waals surface area contributed by atoms with Crippen molar-refractivity contribution in [3.63, 3.8) is 0 Å². The van der Waals surface area contributed by atoms with Crippen LogP contribution in [0.4, 0.5) is 11.8 Å². The first-order valence-corrected chi connectivity index (χ1v) is 5.77. The van der Waals surface area contributed by atoms with Gasteiger partial charge in [0.2, 0.25) is 5.95 Å². The molecular weight excluding hydrogens is 252 g/mol. The monoisotopic (exact) mass is 265 g/mol. The van der Waals surface area contributed by atoms with Crippen LogP contribution in [0.15, 0.2) is 6.33 Å². The molecule has 1 aliphatic heterocycles.